The lowest BCUT2D eigenvalue weighted by atomic mass is 10.1. The average molecular weight is 255 g/mol. The third-order valence-corrected chi connectivity index (χ3v) is 3.45. The molecule has 6 nitrogen and oxygen atoms in total. The second kappa shape index (κ2) is 6.04. The first-order valence-corrected chi connectivity index (χ1v) is 6.55. The molecule has 0 aromatic rings. The quantitative estimate of drug-likeness (QED) is 0.734. The molecule has 0 spiro atoms. The van der Waals surface area contributed by atoms with Crippen molar-refractivity contribution < 1.29 is 14.3 Å². The standard InChI is InChI=1S/C12H21N3O3/c1-9(16)13-10-2-5-15(6-3-10)12(17)14-11-4-7-18-8-11/h10-11H,2-8H2,1H3,(H,13,16)(H,14,17). The van der Waals surface area contributed by atoms with Crippen molar-refractivity contribution in [2.24, 2.45) is 0 Å². The van der Waals surface area contributed by atoms with Crippen molar-refractivity contribution in [3.8, 4) is 0 Å². The van der Waals surface area contributed by atoms with Crippen molar-refractivity contribution in [2.45, 2.75) is 38.3 Å². The lowest BCUT2D eigenvalue weighted by molar-refractivity contribution is -0.119. The van der Waals surface area contributed by atoms with Gasteiger partial charge >= 0.3 is 6.03 Å². The number of nitrogens with one attached hydrogen (secondary N) is 2. The molecule has 2 heterocycles. The summed E-state index contributed by atoms with van der Waals surface area (Å²) in [5.74, 6) is 0.000931. The minimum atomic E-state index is -0.00762. The summed E-state index contributed by atoms with van der Waals surface area (Å²) in [5, 5.41) is 5.88. The molecule has 2 N–H and O–H groups in total. The summed E-state index contributed by atoms with van der Waals surface area (Å²) in [5.41, 5.74) is 0. The number of ether oxygens (including phenoxy) is 1. The van der Waals surface area contributed by atoms with Crippen LogP contribution in [0.2, 0.25) is 0 Å². The van der Waals surface area contributed by atoms with Crippen LogP contribution in [-0.4, -0.2) is 55.2 Å². The monoisotopic (exact) mass is 255 g/mol. The predicted octanol–water partition coefficient (Wildman–Crippen LogP) is 0.0854. The molecule has 3 amide bonds. The maximum atomic E-state index is 12.0. The van der Waals surface area contributed by atoms with Gasteiger partial charge in [-0.05, 0) is 19.3 Å². The highest BCUT2D eigenvalue weighted by Crippen LogP contribution is 2.11. The Morgan fingerprint density at radius 3 is 2.39 bits per heavy atom. The Morgan fingerprint density at radius 1 is 1.11 bits per heavy atom. The second-order valence-electron chi connectivity index (χ2n) is 4.97. The number of amides is 3. The van der Waals surface area contributed by atoms with Gasteiger partial charge in [0.1, 0.15) is 0 Å². The van der Waals surface area contributed by atoms with Gasteiger partial charge in [0.25, 0.3) is 0 Å². The van der Waals surface area contributed by atoms with Crippen molar-refractivity contribution in [1.82, 2.24) is 15.5 Å². The highest BCUT2D eigenvalue weighted by Gasteiger charge is 2.25. The fourth-order valence-electron chi connectivity index (χ4n) is 2.43. The molecule has 1 atom stereocenters. The number of urea groups is 1. The van der Waals surface area contributed by atoms with Crippen LogP contribution < -0.4 is 10.6 Å². The van der Waals surface area contributed by atoms with E-state index in [2.05, 4.69) is 10.6 Å². The van der Waals surface area contributed by atoms with Crippen LogP contribution in [0, 0.1) is 0 Å². The van der Waals surface area contributed by atoms with E-state index >= 15 is 0 Å². The molecule has 0 aliphatic carbocycles. The van der Waals surface area contributed by atoms with E-state index in [1.165, 1.54) is 6.92 Å². The lowest BCUT2D eigenvalue weighted by Crippen LogP contribution is -2.51. The molecule has 2 aliphatic rings. The number of piperidine rings is 1. The molecule has 0 bridgehead atoms. The Labute approximate surface area is 107 Å². The number of carbonyl (C=O) groups is 2. The second-order valence-corrected chi connectivity index (χ2v) is 4.97. The van der Waals surface area contributed by atoms with E-state index in [4.69, 9.17) is 4.74 Å². The Morgan fingerprint density at radius 2 is 1.83 bits per heavy atom. The van der Waals surface area contributed by atoms with Crippen LogP contribution in [0.15, 0.2) is 0 Å². The zero-order valence-corrected chi connectivity index (χ0v) is 10.8. The van der Waals surface area contributed by atoms with E-state index in [1.807, 2.05) is 4.90 Å². The molecule has 6 heteroatoms. The fraction of sp³-hybridized carbons (Fsp3) is 0.833. The normalized spacial score (nSPS) is 24.9. The van der Waals surface area contributed by atoms with Crippen molar-refractivity contribution in [1.29, 1.82) is 0 Å². The third-order valence-electron chi connectivity index (χ3n) is 3.45. The maximum absolute atomic E-state index is 12.0. The van der Waals surface area contributed by atoms with Gasteiger partial charge in [-0.2, -0.15) is 0 Å². The van der Waals surface area contributed by atoms with Crippen LogP contribution in [0.25, 0.3) is 0 Å². The fourth-order valence-corrected chi connectivity index (χ4v) is 2.43. The highest BCUT2D eigenvalue weighted by molar-refractivity contribution is 5.75. The summed E-state index contributed by atoms with van der Waals surface area (Å²) in [6, 6.07) is 0.360. The summed E-state index contributed by atoms with van der Waals surface area (Å²) in [6.45, 7) is 4.28. The maximum Gasteiger partial charge on any atom is 0.317 e. The van der Waals surface area contributed by atoms with Gasteiger partial charge in [-0.3, -0.25) is 4.79 Å². The van der Waals surface area contributed by atoms with E-state index in [-0.39, 0.29) is 24.0 Å². The number of carbonyl (C=O) groups excluding carboxylic acids is 2. The smallest absolute Gasteiger partial charge is 0.317 e. The van der Waals surface area contributed by atoms with Crippen molar-refractivity contribution in [2.75, 3.05) is 26.3 Å². The Bertz CT molecular complexity index is 308. The summed E-state index contributed by atoms with van der Waals surface area (Å²) in [4.78, 5) is 24.7. The number of hydrogen-bond donors (Lipinski definition) is 2. The average Bonchev–Trinajstić information content (AvgIpc) is 2.82. The van der Waals surface area contributed by atoms with Crippen LogP contribution >= 0.6 is 0 Å². The van der Waals surface area contributed by atoms with E-state index in [9.17, 15) is 9.59 Å². The van der Waals surface area contributed by atoms with Crippen LogP contribution in [0.3, 0.4) is 0 Å². The molecule has 0 aromatic carbocycles. The molecule has 2 aliphatic heterocycles. The number of hydrogen-bond acceptors (Lipinski definition) is 3. The van der Waals surface area contributed by atoms with Gasteiger partial charge in [0.05, 0.1) is 12.6 Å². The summed E-state index contributed by atoms with van der Waals surface area (Å²) in [7, 11) is 0. The molecule has 0 saturated carbocycles. The molecule has 102 valence electrons. The summed E-state index contributed by atoms with van der Waals surface area (Å²) >= 11 is 0. The van der Waals surface area contributed by atoms with Crippen molar-refractivity contribution in [3.05, 3.63) is 0 Å². The minimum Gasteiger partial charge on any atom is -0.379 e. The van der Waals surface area contributed by atoms with Crippen LogP contribution in [0.4, 0.5) is 4.79 Å². The van der Waals surface area contributed by atoms with Crippen LogP contribution in [0.5, 0.6) is 0 Å². The first-order chi connectivity index (χ1) is 8.65. The zero-order valence-electron chi connectivity index (χ0n) is 10.8. The summed E-state index contributed by atoms with van der Waals surface area (Å²) in [6.07, 6.45) is 2.55. The first-order valence-electron chi connectivity index (χ1n) is 6.55. The van der Waals surface area contributed by atoms with E-state index in [0.717, 1.165) is 25.9 Å². The Kier molecular flexibility index (Phi) is 4.41. The number of likely N-dealkylation sites (tertiary alicyclic amines) is 1. The molecule has 0 aromatic heterocycles. The van der Waals surface area contributed by atoms with Crippen molar-refractivity contribution in [3.63, 3.8) is 0 Å². The minimum absolute atomic E-state index is 0.000931. The van der Waals surface area contributed by atoms with Gasteiger partial charge in [-0.1, -0.05) is 0 Å². The van der Waals surface area contributed by atoms with E-state index < -0.39 is 0 Å². The molecule has 18 heavy (non-hydrogen) atoms. The highest BCUT2D eigenvalue weighted by atomic mass is 16.5. The number of nitrogens with zero attached hydrogens (tertiary/aromatic N) is 1. The molecular weight excluding hydrogens is 234 g/mol. The summed E-state index contributed by atoms with van der Waals surface area (Å²) < 4.78 is 5.23. The first kappa shape index (κ1) is 13.1. The van der Waals surface area contributed by atoms with Gasteiger partial charge < -0.3 is 20.3 Å². The van der Waals surface area contributed by atoms with Gasteiger partial charge in [0.15, 0.2) is 0 Å². The van der Waals surface area contributed by atoms with Gasteiger partial charge in [0.2, 0.25) is 5.91 Å². The van der Waals surface area contributed by atoms with Crippen molar-refractivity contribution >= 4 is 11.9 Å². The molecule has 2 saturated heterocycles. The molecule has 0 radical (unpaired) electrons. The molecular formula is C12H21N3O3. The third kappa shape index (κ3) is 3.60. The SMILES string of the molecule is CC(=O)NC1CCN(C(=O)NC2CCOC2)CC1. The molecule has 2 fully saturated rings. The molecule has 2 rings (SSSR count). The van der Waals surface area contributed by atoms with Crippen LogP contribution in [0.1, 0.15) is 26.2 Å². The Hall–Kier alpha value is -1.30. The number of rotatable bonds is 2. The van der Waals surface area contributed by atoms with Gasteiger partial charge in [-0.15, -0.1) is 0 Å². The molecule has 1 unspecified atom stereocenters. The van der Waals surface area contributed by atoms with E-state index in [1.54, 1.807) is 0 Å². The van der Waals surface area contributed by atoms with Gasteiger partial charge in [-0.25, -0.2) is 4.79 Å². The lowest BCUT2D eigenvalue weighted by Gasteiger charge is -2.32. The van der Waals surface area contributed by atoms with Crippen LogP contribution in [-0.2, 0) is 9.53 Å². The Balaban J connectivity index is 1.71. The van der Waals surface area contributed by atoms with E-state index in [0.29, 0.717) is 19.7 Å². The topological polar surface area (TPSA) is 70.7 Å². The van der Waals surface area contributed by atoms with Gasteiger partial charge in [0, 0.05) is 32.7 Å². The predicted molar refractivity (Wildman–Crippen MR) is 66.2 cm³/mol. The zero-order chi connectivity index (χ0) is 13.0. The largest absolute Gasteiger partial charge is 0.379 e.